The van der Waals surface area contributed by atoms with E-state index in [4.69, 9.17) is 0 Å². The van der Waals surface area contributed by atoms with Crippen molar-refractivity contribution in [1.29, 1.82) is 0 Å². The highest BCUT2D eigenvalue weighted by Gasteiger charge is 2.20. The minimum absolute atomic E-state index is 0.789. The monoisotopic (exact) mass is 311 g/mol. The van der Waals surface area contributed by atoms with Gasteiger partial charge in [0.05, 0.1) is 0 Å². The van der Waals surface area contributed by atoms with Crippen molar-refractivity contribution in [1.82, 2.24) is 9.97 Å². The summed E-state index contributed by atoms with van der Waals surface area (Å²) >= 11 is 3.44. The van der Waals surface area contributed by atoms with E-state index < -0.39 is 0 Å². The Hall–Kier alpha value is -0.640. The fraction of sp³-hybridized carbons (Fsp3) is 0.714. The van der Waals surface area contributed by atoms with Crippen LogP contribution in [0.15, 0.2) is 10.7 Å². The van der Waals surface area contributed by atoms with Gasteiger partial charge in [0.15, 0.2) is 0 Å². The van der Waals surface area contributed by atoms with Crippen LogP contribution >= 0.6 is 15.9 Å². The van der Waals surface area contributed by atoms with Crippen molar-refractivity contribution in [3.05, 3.63) is 16.5 Å². The van der Waals surface area contributed by atoms with Gasteiger partial charge < -0.3 is 5.32 Å². The van der Waals surface area contributed by atoms with Gasteiger partial charge in [0.1, 0.15) is 16.2 Å². The molecular formula is C14H22BrN3. The van der Waals surface area contributed by atoms with Gasteiger partial charge in [-0.05, 0) is 34.2 Å². The molecule has 1 fully saturated rings. The fourth-order valence-corrected chi connectivity index (χ4v) is 3.07. The lowest BCUT2D eigenvalue weighted by atomic mass is 9.80. The summed E-state index contributed by atoms with van der Waals surface area (Å²) in [4.78, 5) is 8.84. The third kappa shape index (κ3) is 3.67. The highest BCUT2D eigenvalue weighted by molar-refractivity contribution is 9.10. The van der Waals surface area contributed by atoms with Crippen molar-refractivity contribution in [2.45, 2.75) is 46.0 Å². The molecule has 2 rings (SSSR count). The highest BCUT2D eigenvalue weighted by atomic mass is 79.9. The average Bonchev–Trinajstić information content (AvgIpc) is 2.37. The van der Waals surface area contributed by atoms with Crippen molar-refractivity contribution >= 4 is 21.7 Å². The molecule has 1 heterocycles. The summed E-state index contributed by atoms with van der Waals surface area (Å²) in [6.07, 6.45) is 6.37. The number of nitrogens with one attached hydrogen (secondary N) is 1. The quantitative estimate of drug-likeness (QED) is 0.853. The van der Waals surface area contributed by atoms with Crippen molar-refractivity contribution < 1.29 is 0 Å². The zero-order valence-electron chi connectivity index (χ0n) is 11.2. The van der Waals surface area contributed by atoms with Crippen molar-refractivity contribution in [3.63, 3.8) is 0 Å². The van der Waals surface area contributed by atoms with E-state index in [9.17, 15) is 0 Å². The van der Waals surface area contributed by atoms with Gasteiger partial charge in [0.25, 0.3) is 0 Å². The molecule has 0 aliphatic heterocycles. The largest absolute Gasteiger partial charge is 0.370 e. The first-order valence-corrected chi connectivity index (χ1v) is 7.75. The first kappa shape index (κ1) is 13.8. The van der Waals surface area contributed by atoms with E-state index in [1.807, 2.05) is 6.07 Å². The SMILES string of the molecule is CCc1nc(Br)cc(NCC2CCCCC2C)n1. The van der Waals surface area contributed by atoms with Crippen molar-refractivity contribution in [3.8, 4) is 0 Å². The number of rotatable bonds is 4. The molecule has 2 atom stereocenters. The molecule has 0 spiro atoms. The molecule has 1 aromatic rings. The summed E-state index contributed by atoms with van der Waals surface area (Å²) in [5.74, 6) is 3.47. The Morgan fingerprint density at radius 3 is 2.83 bits per heavy atom. The van der Waals surface area contributed by atoms with E-state index in [2.05, 4.69) is 45.1 Å². The predicted octanol–water partition coefficient (Wildman–Crippen LogP) is 4.04. The van der Waals surface area contributed by atoms with E-state index in [0.717, 1.165) is 41.0 Å². The van der Waals surface area contributed by atoms with Crippen LogP contribution in [-0.4, -0.2) is 16.5 Å². The van der Waals surface area contributed by atoms with Crippen LogP contribution < -0.4 is 5.32 Å². The molecule has 18 heavy (non-hydrogen) atoms. The number of halogens is 1. The van der Waals surface area contributed by atoms with Crippen LogP contribution in [0.25, 0.3) is 0 Å². The number of hydrogen-bond acceptors (Lipinski definition) is 3. The number of anilines is 1. The standard InChI is InChI=1S/C14H22BrN3/c1-3-13-17-12(15)8-14(18-13)16-9-11-7-5-4-6-10(11)2/h8,10-11H,3-7,9H2,1-2H3,(H,16,17,18). The highest BCUT2D eigenvalue weighted by Crippen LogP contribution is 2.29. The first-order chi connectivity index (χ1) is 8.69. The molecule has 1 aromatic heterocycles. The Labute approximate surface area is 118 Å². The Morgan fingerprint density at radius 2 is 2.11 bits per heavy atom. The summed E-state index contributed by atoms with van der Waals surface area (Å²) in [5, 5.41) is 3.48. The molecule has 0 bridgehead atoms. The molecule has 0 aromatic carbocycles. The second-order valence-electron chi connectivity index (χ2n) is 5.25. The number of hydrogen-bond donors (Lipinski definition) is 1. The lowest BCUT2D eigenvalue weighted by molar-refractivity contribution is 0.268. The second-order valence-corrected chi connectivity index (χ2v) is 6.06. The van der Waals surface area contributed by atoms with Gasteiger partial charge in [-0.3, -0.25) is 0 Å². The summed E-state index contributed by atoms with van der Waals surface area (Å²) < 4.78 is 0.869. The number of aromatic nitrogens is 2. The molecule has 0 amide bonds. The minimum atomic E-state index is 0.789. The molecule has 3 nitrogen and oxygen atoms in total. The lowest BCUT2D eigenvalue weighted by Crippen LogP contribution is -2.24. The summed E-state index contributed by atoms with van der Waals surface area (Å²) in [5.41, 5.74) is 0. The zero-order chi connectivity index (χ0) is 13.0. The van der Waals surface area contributed by atoms with Gasteiger partial charge in [0, 0.05) is 19.0 Å². The summed E-state index contributed by atoms with van der Waals surface area (Å²) in [6, 6.07) is 1.96. The molecule has 4 heteroatoms. The molecule has 100 valence electrons. The van der Waals surface area contributed by atoms with E-state index in [-0.39, 0.29) is 0 Å². The normalized spacial score (nSPS) is 23.9. The Kier molecular flexibility index (Phi) is 4.98. The summed E-state index contributed by atoms with van der Waals surface area (Å²) in [7, 11) is 0. The number of aryl methyl sites for hydroxylation is 1. The van der Waals surface area contributed by atoms with Gasteiger partial charge in [-0.2, -0.15) is 0 Å². The average molecular weight is 312 g/mol. The Morgan fingerprint density at radius 1 is 1.33 bits per heavy atom. The maximum Gasteiger partial charge on any atom is 0.131 e. The predicted molar refractivity (Wildman–Crippen MR) is 78.7 cm³/mol. The minimum Gasteiger partial charge on any atom is -0.370 e. The summed E-state index contributed by atoms with van der Waals surface area (Å²) in [6.45, 7) is 5.49. The maximum atomic E-state index is 4.51. The third-order valence-electron chi connectivity index (χ3n) is 3.89. The topological polar surface area (TPSA) is 37.8 Å². The van der Waals surface area contributed by atoms with Crippen LogP contribution in [0.5, 0.6) is 0 Å². The van der Waals surface area contributed by atoms with Crippen LogP contribution in [-0.2, 0) is 6.42 Å². The smallest absolute Gasteiger partial charge is 0.131 e. The fourth-order valence-electron chi connectivity index (χ4n) is 2.65. The van der Waals surface area contributed by atoms with E-state index in [1.165, 1.54) is 25.7 Å². The maximum absolute atomic E-state index is 4.51. The molecule has 1 saturated carbocycles. The Balaban J connectivity index is 1.94. The van der Waals surface area contributed by atoms with Crippen LogP contribution in [0.4, 0.5) is 5.82 Å². The molecule has 1 aliphatic rings. The van der Waals surface area contributed by atoms with Gasteiger partial charge in [-0.1, -0.05) is 33.1 Å². The first-order valence-electron chi connectivity index (χ1n) is 6.96. The van der Waals surface area contributed by atoms with E-state index in [0.29, 0.717) is 0 Å². The Bertz CT molecular complexity index is 395. The van der Waals surface area contributed by atoms with Gasteiger partial charge in [-0.15, -0.1) is 0 Å². The number of nitrogens with zero attached hydrogens (tertiary/aromatic N) is 2. The van der Waals surface area contributed by atoms with Crippen LogP contribution in [0.1, 0.15) is 45.4 Å². The van der Waals surface area contributed by atoms with Gasteiger partial charge in [-0.25, -0.2) is 9.97 Å². The van der Waals surface area contributed by atoms with Crippen LogP contribution in [0, 0.1) is 11.8 Å². The molecular weight excluding hydrogens is 290 g/mol. The molecule has 0 saturated heterocycles. The molecule has 0 radical (unpaired) electrons. The van der Waals surface area contributed by atoms with Crippen LogP contribution in [0.3, 0.4) is 0 Å². The van der Waals surface area contributed by atoms with Crippen LogP contribution in [0.2, 0.25) is 0 Å². The third-order valence-corrected chi connectivity index (χ3v) is 4.30. The van der Waals surface area contributed by atoms with Crippen molar-refractivity contribution in [2.24, 2.45) is 11.8 Å². The van der Waals surface area contributed by atoms with Gasteiger partial charge in [0.2, 0.25) is 0 Å². The zero-order valence-corrected chi connectivity index (χ0v) is 12.8. The van der Waals surface area contributed by atoms with E-state index in [1.54, 1.807) is 0 Å². The lowest BCUT2D eigenvalue weighted by Gasteiger charge is -2.29. The van der Waals surface area contributed by atoms with E-state index >= 15 is 0 Å². The molecule has 1 N–H and O–H groups in total. The van der Waals surface area contributed by atoms with Gasteiger partial charge >= 0.3 is 0 Å². The molecule has 2 unspecified atom stereocenters. The second kappa shape index (κ2) is 6.50. The van der Waals surface area contributed by atoms with Crippen molar-refractivity contribution in [2.75, 3.05) is 11.9 Å². The molecule has 1 aliphatic carbocycles.